The molecule has 0 amide bonds. The number of hydrogen-bond acceptors (Lipinski definition) is 0. The molecule has 22 valence electrons. The Balaban J connectivity index is 2.55. The molecule has 0 aromatic carbocycles. The van der Waals surface area contributed by atoms with E-state index in [9.17, 15) is 0 Å². The van der Waals surface area contributed by atoms with Crippen LogP contribution in [0.25, 0.3) is 0 Å². The van der Waals surface area contributed by atoms with Crippen LogP contribution in [0.15, 0.2) is 10.1 Å². The van der Waals surface area contributed by atoms with E-state index < -0.39 is 0 Å². The van der Waals surface area contributed by atoms with Gasteiger partial charge in [0.25, 0.3) is 0 Å². The van der Waals surface area contributed by atoms with Crippen molar-refractivity contribution in [3.8, 4) is 0 Å². The van der Waals surface area contributed by atoms with Crippen molar-refractivity contribution in [1.82, 2.24) is 0 Å². The van der Waals surface area contributed by atoms with Gasteiger partial charge in [0.2, 0.25) is 0 Å². The van der Waals surface area contributed by atoms with Gasteiger partial charge in [0.15, 0.2) is 0 Å². The maximum atomic E-state index is 2.05. The van der Waals surface area contributed by atoms with Crippen LogP contribution in [-0.2, 0) is 0 Å². The molecule has 0 spiro atoms. The molecule has 0 aliphatic rings. The van der Waals surface area contributed by atoms with Crippen LogP contribution in [0.3, 0.4) is 0 Å². The summed E-state index contributed by atoms with van der Waals surface area (Å²) in [6.45, 7) is 2.01. The van der Waals surface area contributed by atoms with E-state index >= 15 is 0 Å². The van der Waals surface area contributed by atoms with E-state index in [4.69, 9.17) is 0 Å². The zero-order valence-electron chi connectivity index (χ0n) is 2.60. The zero-order valence-corrected chi connectivity index (χ0v) is 5.15. The van der Waals surface area contributed by atoms with E-state index in [1.807, 2.05) is 13.0 Å². The molecular formula is C3H5Sb. The molecule has 0 fully saturated rings. The molecule has 1 heteroatoms. The molecule has 0 aromatic heterocycles. The van der Waals surface area contributed by atoms with Crippen molar-refractivity contribution >= 4 is 23.0 Å². The molecule has 0 bridgehead atoms. The number of hydrogen-bond donors (Lipinski definition) is 0. The first-order chi connectivity index (χ1) is 1.91. The Morgan fingerprint density at radius 2 is 2.00 bits per heavy atom. The first-order valence-corrected chi connectivity index (χ1v) is 2.64. The SMILES string of the molecule is C/C=[CH]\[Sb]. The van der Waals surface area contributed by atoms with Crippen LogP contribution in [0, 0.1) is 0 Å². The quantitative estimate of drug-likeness (QED) is 0.460. The summed E-state index contributed by atoms with van der Waals surface area (Å²) in [5.74, 6) is 0. The van der Waals surface area contributed by atoms with Gasteiger partial charge in [-0.1, -0.05) is 0 Å². The molecule has 0 aliphatic heterocycles. The van der Waals surface area contributed by atoms with Crippen molar-refractivity contribution in [3.63, 3.8) is 0 Å². The van der Waals surface area contributed by atoms with Crippen molar-refractivity contribution in [3.05, 3.63) is 10.1 Å². The molecule has 0 nitrogen and oxygen atoms in total. The fraction of sp³-hybridized carbons (Fsp3) is 0.333. The van der Waals surface area contributed by atoms with Gasteiger partial charge in [0.05, 0.1) is 0 Å². The van der Waals surface area contributed by atoms with Crippen LogP contribution in [-0.4, -0.2) is 23.0 Å². The van der Waals surface area contributed by atoms with Crippen LogP contribution in [0.1, 0.15) is 6.92 Å². The summed E-state index contributed by atoms with van der Waals surface area (Å²) in [6.07, 6.45) is 2.02. The van der Waals surface area contributed by atoms with Crippen LogP contribution in [0.2, 0.25) is 0 Å². The van der Waals surface area contributed by atoms with Gasteiger partial charge in [-0.25, -0.2) is 0 Å². The fourth-order valence-electron chi connectivity index (χ4n) is 0. The summed E-state index contributed by atoms with van der Waals surface area (Å²) in [5.41, 5.74) is 0. The summed E-state index contributed by atoms with van der Waals surface area (Å²) in [4.78, 5) is 0. The topological polar surface area (TPSA) is 0 Å². The van der Waals surface area contributed by atoms with Gasteiger partial charge in [0, 0.05) is 0 Å². The van der Waals surface area contributed by atoms with Gasteiger partial charge in [-0.05, 0) is 0 Å². The van der Waals surface area contributed by atoms with Gasteiger partial charge in [-0.15, -0.1) is 0 Å². The van der Waals surface area contributed by atoms with Crippen molar-refractivity contribution in [2.75, 3.05) is 0 Å². The predicted molar refractivity (Wildman–Crippen MR) is 20.6 cm³/mol. The van der Waals surface area contributed by atoms with E-state index in [0.717, 1.165) is 0 Å². The van der Waals surface area contributed by atoms with Crippen LogP contribution in [0.5, 0.6) is 0 Å². The van der Waals surface area contributed by atoms with Crippen molar-refractivity contribution in [2.45, 2.75) is 6.92 Å². The average Bonchev–Trinajstić information content (AvgIpc) is 1.37. The van der Waals surface area contributed by atoms with Gasteiger partial charge >= 0.3 is 40.0 Å². The minimum absolute atomic E-state index is 1.72. The Hall–Kier alpha value is 0.558. The summed E-state index contributed by atoms with van der Waals surface area (Å²) in [7, 11) is 0. The first-order valence-electron chi connectivity index (χ1n) is 1.17. The second kappa shape index (κ2) is 3.56. The van der Waals surface area contributed by atoms with E-state index in [1.54, 1.807) is 23.0 Å². The monoisotopic (exact) mass is 162 g/mol. The third kappa shape index (κ3) is 2.56. The summed E-state index contributed by atoms with van der Waals surface area (Å²) in [5, 5.41) is 0. The molecule has 0 rings (SSSR count). The normalized spacial score (nSPS) is 9.50. The van der Waals surface area contributed by atoms with Crippen LogP contribution < -0.4 is 0 Å². The standard InChI is InChI=1S/C3H5.Sb/c1-3-2;/h1,3H,2H3;. The van der Waals surface area contributed by atoms with E-state index in [-0.39, 0.29) is 0 Å². The minimum atomic E-state index is 1.72. The predicted octanol–water partition coefficient (Wildman–Crippen LogP) is 0.689. The Morgan fingerprint density at radius 1 is 1.75 bits per heavy atom. The molecule has 0 saturated carbocycles. The summed E-state index contributed by atoms with van der Waals surface area (Å²) in [6, 6.07) is 0. The molecule has 2 radical (unpaired) electrons. The number of rotatable bonds is 0. The van der Waals surface area contributed by atoms with Gasteiger partial charge in [0.1, 0.15) is 0 Å². The molecule has 0 heterocycles. The molecule has 0 aromatic rings. The number of allylic oxidation sites excluding steroid dienone is 1. The second-order valence-electron chi connectivity index (χ2n) is 0.482. The van der Waals surface area contributed by atoms with Crippen LogP contribution in [0.4, 0.5) is 0 Å². The van der Waals surface area contributed by atoms with Gasteiger partial charge in [-0.2, -0.15) is 0 Å². The molecule has 0 atom stereocenters. The van der Waals surface area contributed by atoms with Gasteiger partial charge in [-0.3, -0.25) is 0 Å². The van der Waals surface area contributed by atoms with Crippen LogP contribution >= 0.6 is 0 Å². The van der Waals surface area contributed by atoms with Crippen molar-refractivity contribution < 1.29 is 0 Å². The molecule has 0 saturated heterocycles. The average molecular weight is 163 g/mol. The van der Waals surface area contributed by atoms with Crippen molar-refractivity contribution in [1.29, 1.82) is 0 Å². The summed E-state index contributed by atoms with van der Waals surface area (Å²) < 4.78 is 2.05. The molecule has 0 unspecified atom stereocenters. The maximum absolute atomic E-state index is 2.05. The van der Waals surface area contributed by atoms with Crippen molar-refractivity contribution in [2.24, 2.45) is 0 Å². The second-order valence-corrected chi connectivity index (χ2v) is 1.33. The third-order valence-electron chi connectivity index (χ3n) is 0.149. The Morgan fingerprint density at radius 3 is 2.00 bits per heavy atom. The summed E-state index contributed by atoms with van der Waals surface area (Å²) >= 11 is 1.72. The van der Waals surface area contributed by atoms with E-state index in [1.165, 1.54) is 0 Å². The van der Waals surface area contributed by atoms with E-state index in [2.05, 4.69) is 4.02 Å². The van der Waals surface area contributed by atoms with E-state index in [0.29, 0.717) is 0 Å². The fourth-order valence-corrected chi connectivity index (χ4v) is 0. The first kappa shape index (κ1) is 4.56. The third-order valence-corrected chi connectivity index (χ3v) is 1.00. The Labute approximate surface area is 40.4 Å². The molecular weight excluding hydrogens is 158 g/mol. The molecule has 0 N–H and O–H groups in total. The van der Waals surface area contributed by atoms with Gasteiger partial charge < -0.3 is 0 Å². The zero-order chi connectivity index (χ0) is 3.41. The Kier molecular flexibility index (Phi) is 4.05. The Bertz CT molecular complexity index is 18.5. The molecule has 4 heavy (non-hydrogen) atoms. The molecule has 0 aliphatic carbocycles.